The van der Waals surface area contributed by atoms with Crippen LogP contribution >= 0.6 is 0 Å². The molecule has 6 heteroatoms. The quantitative estimate of drug-likeness (QED) is 0.847. The van der Waals surface area contributed by atoms with Crippen LogP contribution in [-0.4, -0.2) is 48.0 Å². The molecule has 1 aromatic rings. The zero-order valence-electron chi connectivity index (χ0n) is 11.0. The van der Waals surface area contributed by atoms with Crippen LogP contribution in [0.4, 0.5) is 4.39 Å². The van der Waals surface area contributed by atoms with Gasteiger partial charge in [0.1, 0.15) is 11.6 Å². The summed E-state index contributed by atoms with van der Waals surface area (Å²) >= 11 is 0. The summed E-state index contributed by atoms with van der Waals surface area (Å²) < 4.78 is 24.9. The van der Waals surface area contributed by atoms with Gasteiger partial charge in [-0.15, -0.1) is 0 Å². The Morgan fingerprint density at radius 1 is 1.35 bits per heavy atom. The fourth-order valence-corrected chi connectivity index (χ4v) is 2.74. The van der Waals surface area contributed by atoms with Crippen LogP contribution in [0.15, 0.2) is 18.2 Å². The minimum atomic E-state index is -0.721. The molecule has 2 aliphatic rings. The third kappa shape index (κ3) is 2.36. The topological polar surface area (TPSA) is 59.0 Å². The highest BCUT2D eigenvalue weighted by Gasteiger charge is 2.42. The highest BCUT2D eigenvalue weighted by Crippen LogP contribution is 2.31. The van der Waals surface area contributed by atoms with Crippen molar-refractivity contribution < 1.29 is 23.8 Å². The van der Waals surface area contributed by atoms with Crippen molar-refractivity contribution in [3.63, 3.8) is 0 Å². The molecule has 0 aromatic heterocycles. The maximum absolute atomic E-state index is 13.8. The SMILES string of the molecule is O=C(c1ccc(O)cc1F)N1CCCC2(C1)OCCO2. The second-order valence-electron chi connectivity index (χ2n) is 5.10. The Morgan fingerprint density at radius 3 is 2.80 bits per heavy atom. The molecule has 2 aliphatic heterocycles. The molecule has 3 rings (SSSR count). The lowest BCUT2D eigenvalue weighted by atomic mass is 10.0. The van der Waals surface area contributed by atoms with Gasteiger partial charge >= 0.3 is 0 Å². The van der Waals surface area contributed by atoms with E-state index in [4.69, 9.17) is 9.47 Å². The Balaban J connectivity index is 1.79. The number of benzene rings is 1. The average Bonchev–Trinajstić information content (AvgIpc) is 2.86. The summed E-state index contributed by atoms with van der Waals surface area (Å²) in [7, 11) is 0. The number of carbonyl (C=O) groups excluding carboxylic acids is 1. The minimum Gasteiger partial charge on any atom is -0.508 e. The van der Waals surface area contributed by atoms with Gasteiger partial charge in [0.25, 0.3) is 5.91 Å². The molecule has 1 amide bonds. The van der Waals surface area contributed by atoms with E-state index in [2.05, 4.69) is 0 Å². The molecule has 0 aliphatic carbocycles. The van der Waals surface area contributed by atoms with E-state index in [0.29, 0.717) is 26.3 Å². The fourth-order valence-electron chi connectivity index (χ4n) is 2.74. The molecule has 0 bridgehead atoms. The van der Waals surface area contributed by atoms with Gasteiger partial charge in [-0.2, -0.15) is 0 Å². The summed E-state index contributed by atoms with van der Waals surface area (Å²) in [5, 5.41) is 9.19. The van der Waals surface area contributed by atoms with E-state index < -0.39 is 17.5 Å². The Kier molecular flexibility index (Phi) is 3.35. The third-order valence-electron chi connectivity index (χ3n) is 3.70. The molecule has 1 spiro atoms. The van der Waals surface area contributed by atoms with Gasteiger partial charge in [0.2, 0.25) is 0 Å². The molecule has 1 aromatic carbocycles. The van der Waals surface area contributed by atoms with E-state index in [0.717, 1.165) is 18.9 Å². The number of likely N-dealkylation sites (tertiary alicyclic amines) is 1. The predicted molar refractivity (Wildman–Crippen MR) is 67.8 cm³/mol. The highest BCUT2D eigenvalue weighted by molar-refractivity contribution is 5.94. The smallest absolute Gasteiger partial charge is 0.257 e. The number of halogens is 1. The zero-order chi connectivity index (χ0) is 14.2. The van der Waals surface area contributed by atoms with E-state index in [-0.39, 0.29) is 11.3 Å². The highest BCUT2D eigenvalue weighted by atomic mass is 19.1. The number of ether oxygens (including phenoxy) is 2. The summed E-state index contributed by atoms with van der Waals surface area (Å²) in [5.74, 6) is -2.04. The molecular formula is C14H16FNO4. The lowest BCUT2D eigenvalue weighted by Gasteiger charge is -2.38. The normalized spacial score (nSPS) is 21.4. The average molecular weight is 281 g/mol. The molecular weight excluding hydrogens is 265 g/mol. The van der Waals surface area contributed by atoms with Crippen molar-refractivity contribution in [3.8, 4) is 5.75 Å². The Hall–Kier alpha value is -1.66. The lowest BCUT2D eigenvalue weighted by Crippen LogP contribution is -2.51. The molecule has 108 valence electrons. The van der Waals surface area contributed by atoms with Gasteiger partial charge in [-0.3, -0.25) is 4.79 Å². The van der Waals surface area contributed by atoms with Crippen molar-refractivity contribution in [1.29, 1.82) is 0 Å². The monoisotopic (exact) mass is 281 g/mol. The molecule has 2 fully saturated rings. The van der Waals surface area contributed by atoms with Gasteiger partial charge in [-0.05, 0) is 18.6 Å². The molecule has 2 saturated heterocycles. The van der Waals surface area contributed by atoms with Crippen LogP contribution in [0.25, 0.3) is 0 Å². The number of nitrogens with zero attached hydrogens (tertiary/aromatic N) is 1. The lowest BCUT2D eigenvalue weighted by molar-refractivity contribution is -0.183. The molecule has 20 heavy (non-hydrogen) atoms. The molecule has 0 saturated carbocycles. The van der Waals surface area contributed by atoms with E-state index in [1.54, 1.807) is 4.90 Å². The summed E-state index contributed by atoms with van der Waals surface area (Å²) in [6.07, 6.45) is 1.50. The van der Waals surface area contributed by atoms with Gasteiger partial charge in [0, 0.05) is 19.0 Å². The van der Waals surface area contributed by atoms with Crippen molar-refractivity contribution in [3.05, 3.63) is 29.6 Å². The van der Waals surface area contributed by atoms with Crippen molar-refractivity contribution in [1.82, 2.24) is 4.90 Å². The molecule has 0 unspecified atom stereocenters. The van der Waals surface area contributed by atoms with Crippen LogP contribution in [-0.2, 0) is 9.47 Å². The number of aromatic hydroxyl groups is 1. The van der Waals surface area contributed by atoms with Crippen LogP contribution in [0.1, 0.15) is 23.2 Å². The second-order valence-corrected chi connectivity index (χ2v) is 5.10. The summed E-state index contributed by atoms with van der Waals surface area (Å²) in [6.45, 7) is 1.91. The maximum Gasteiger partial charge on any atom is 0.257 e. The number of carbonyl (C=O) groups is 1. The van der Waals surface area contributed by atoms with Crippen molar-refractivity contribution in [2.24, 2.45) is 0 Å². The fraction of sp³-hybridized carbons (Fsp3) is 0.500. The summed E-state index contributed by atoms with van der Waals surface area (Å²) in [6, 6.07) is 3.54. The largest absolute Gasteiger partial charge is 0.508 e. The van der Waals surface area contributed by atoms with Gasteiger partial charge < -0.3 is 19.5 Å². The van der Waals surface area contributed by atoms with E-state index in [9.17, 15) is 14.3 Å². The van der Waals surface area contributed by atoms with Gasteiger partial charge in [-0.1, -0.05) is 0 Å². The van der Waals surface area contributed by atoms with Crippen LogP contribution in [0.3, 0.4) is 0 Å². The Morgan fingerprint density at radius 2 is 2.10 bits per heavy atom. The molecule has 1 N–H and O–H groups in total. The predicted octanol–water partition coefficient (Wildman–Crippen LogP) is 1.51. The summed E-state index contributed by atoms with van der Waals surface area (Å²) in [4.78, 5) is 13.9. The van der Waals surface area contributed by atoms with Crippen LogP contribution < -0.4 is 0 Å². The van der Waals surface area contributed by atoms with E-state index in [1.165, 1.54) is 12.1 Å². The van der Waals surface area contributed by atoms with Crippen LogP contribution in [0.2, 0.25) is 0 Å². The number of rotatable bonds is 1. The molecule has 2 heterocycles. The molecule has 0 atom stereocenters. The maximum atomic E-state index is 13.8. The number of phenols is 1. The minimum absolute atomic E-state index is 0.0437. The third-order valence-corrected chi connectivity index (χ3v) is 3.70. The van der Waals surface area contributed by atoms with Gasteiger partial charge in [-0.25, -0.2) is 4.39 Å². The number of hydrogen-bond donors (Lipinski definition) is 1. The van der Waals surface area contributed by atoms with Crippen molar-refractivity contribution in [2.75, 3.05) is 26.3 Å². The van der Waals surface area contributed by atoms with Crippen molar-refractivity contribution in [2.45, 2.75) is 18.6 Å². The number of piperidine rings is 1. The van der Waals surface area contributed by atoms with Gasteiger partial charge in [0.05, 0.1) is 25.3 Å². The first-order chi connectivity index (χ1) is 9.60. The van der Waals surface area contributed by atoms with E-state index >= 15 is 0 Å². The standard InChI is InChI=1S/C14H16FNO4/c15-12-8-10(17)2-3-11(12)13(18)16-5-1-4-14(9-16)19-6-7-20-14/h2-3,8,17H,1,4-7,9H2. The van der Waals surface area contributed by atoms with Crippen LogP contribution in [0, 0.1) is 5.82 Å². The molecule has 0 radical (unpaired) electrons. The number of hydrogen-bond acceptors (Lipinski definition) is 4. The Labute approximate surface area is 115 Å². The summed E-state index contributed by atoms with van der Waals surface area (Å²) in [5.41, 5.74) is -0.0437. The number of amides is 1. The van der Waals surface area contributed by atoms with E-state index in [1.807, 2.05) is 0 Å². The second kappa shape index (κ2) is 5.03. The zero-order valence-corrected chi connectivity index (χ0v) is 11.0. The van der Waals surface area contributed by atoms with Crippen LogP contribution in [0.5, 0.6) is 5.75 Å². The Bertz CT molecular complexity index is 528. The van der Waals surface area contributed by atoms with Gasteiger partial charge in [0.15, 0.2) is 5.79 Å². The number of phenolic OH excluding ortho intramolecular Hbond substituents is 1. The first-order valence-corrected chi connectivity index (χ1v) is 6.65. The first-order valence-electron chi connectivity index (χ1n) is 6.65. The molecule has 5 nitrogen and oxygen atoms in total. The van der Waals surface area contributed by atoms with Crippen molar-refractivity contribution >= 4 is 5.91 Å². The first kappa shape index (κ1) is 13.3.